The van der Waals surface area contributed by atoms with Crippen LogP contribution in [-0.4, -0.2) is 97.8 Å². The largest absolute Gasteiger partial charge is 0.497 e. The highest BCUT2D eigenvalue weighted by atomic mass is 16.7. The maximum absolute atomic E-state index is 13.1. The fourth-order valence-corrected chi connectivity index (χ4v) is 5.59. The number of rotatable bonds is 7. The zero-order valence-corrected chi connectivity index (χ0v) is 24.0. The van der Waals surface area contributed by atoms with Gasteiger partial charge in [0.25, 0.3) is 5.91 Å². The van der Waals surface area contributed by atoms with Gasteiger partial charge in [-0.15, -0.1) is 0 Å². The number of hydrogen-bond donors (Lipinski definition) is 1. The summed E-state index contributed by atoms with van der Waals surface area (Å²) in [7, 11) is 1.67. The van der Waals surface area contributed by atoms with Crippen molar-refractivity contribution in [2.45, 2.75) is 13.1 Å². The van der Waals surface area contributed by atoms with Crippen LogP contribution in [0.25, 0.3) is 0 Å². The smallest absolute Gasteiger partial charge is 0.321 e. The summed E-state index contributed by atoms with van der Waals surface area (Å²) in [6.45, 7) is 7.86. The summed E-state index contributed by atoms with van der Waals surface area (Å²) in [6.07, 6.45) is 0. The zero-order chi connectivity index (χ0) is 28.9. The van der Waals surface area contributed by atoms with E-state index in [1.54, 1.807) is 31.4 Å². The van der Waals surface area contributed by atoms with Crippen molar-refractivity contribution in [3.05, 3.63) is 83.4 Å². The normalized spacial score (nSPS) is 17.3. The molecule has 2 fully saturated rings. The van der Waals surface area contributed by atoms with Gasteiger partial charge in [0.2, 0.25) is 6.79 Å². The van der Waals surface area contributed by atoms with Crippen LogP contribution in [0.3, 0.4) is 0 Å². The maximum Gasteiger partial charge on any atom is 0.321 e. The molecule has 0 bridgehead atoms. The van der Waals surface area contributed by atoms with E-state index in [9.17, 15) is 9.59 Å². The fourth-order valence-electron chi connectivity index (χ4n) is 5.59. The van der Waals surface area contributed by atoms with Crippen LogP contribution in [0.5, 0.6) is 17.2 Å². The molecule has 220 valence electrons. The van der Waals surface area contributed by atoms with Gasteiger partial charge in [0, 0.05) is 76.7 Å². The Morgan fingerprint density at radius 2 is 1.31 bits per heavy atom. The number of carbonyl (C=O) groups excluding carboxylic acids is 2. The number of piperazine rings is 2. The number of urea groups is 1. The first kappa shape index (κ1) is 27.9. The number of carbonyl (C=O) groups is 2. The minimum absolute atomic E-state index is 0.0237. The Kier molecular flexibility index (Phi) is 8.43. The lowest BCUT2D eigenvalue weighted by atomic mass is 10.1. The Labute approximate surface area is 246 Å². The van der Waals surface area contributed by atoms with Gasteiger partial charge in [-0.3, -0.25) is 14.6 Å². The molecule has 3 aromatic carbocycles. The molecular weight excluding hydrogens is 534 g/mol. The molecule has 6 rings (SSSR count). The van der Waals surface area contributed by atoms with Crippen molar-refractivity contribution in [1.82, 2.24) is 19.6 Å². The molecule has 1 N–H and O–H groups in total. The number of fused-ring (bicyclic) bond motifs is 1. The van der Waals surface area contributed by atoms with Gasteiger partial charge in [0.1, 0.15) is 5.75 Å². The van der Waals surface area contributed by atoms with Gasteiger partial charge in [0.05, 0.1) is 7.11 Å². The molecule has 0 unspecified atom stereocenters. The highest BCUT2D eigenvalue weighted by molar-refractivity contribution is 5.95. The number of nitrogens with zero attached hydrogens (tertiary/aromatic N) is 4. The van der Waals surface area contributed by atoms with Crippen LogP contribution in [0.1, 0.15) is 21.5 Å². The molecule has 10 nitrogen and oxygen atoms in total. The minimum Gasteiger partial charge on any atom is -0.497 e. The van der Waals surface area contributed by atoms with Crippen LogP contribution < -0.4 is 19.5 Å². The first-order valence-electron chi connectivity index (χ1n) is 14.5. The van der Waals surface area contributed by atoms with Crippen molar-refractivity contribution in [3.8, 4) is 17.2 Å². The molecule has 3 aromatic rings. The molecule has 3 amide bonds. The van der Waals surface area contributed by atoms with Crippen LogP contribution in [0.4, 0.5) is 10.5 Å². The number of benzene rings is 3. The molecular formula is C32H37N5O5. The van der Waals surface area contributed by atoms with E-state index in [-0.39, 0.29) is 18.7 Å². The monoisotopic (exact) mass is 571 g/mol. The van der Waals surface area contributed by atoms with Gasteiger partial charge < -0.3 is 29.3 Å². The second-order valence-corrected chi connectivity index (χ2v) is 10.9. The zero-order valence-electron chi connectivity index (χ0n) is 24.0. The predicted molar refractivity (Wildman–Crippen MR) is 159 cm³/mol. The van der Waals surface area contributed by atoms with Crippen molar-refractivity contribution in [1.29, 1.82) is 0 Å². The van der Waals surface area contributed by atoms with E-state index in [1.807, 2.05) is 34.1 Å². The molecule has 2 saturated heterocycles. The van der Waals surface area contributed by atoms with Gasteiger partial charge >= 0.3 is 6.03 Å². The number of methoxy groups -OCH3 is 1. The number of amides is 3. The molecule has 42 heavy (non-hydrogen) atoms. The Bertz CT molecular complexity index is 1380. The van der Waals surface area contributed by atoms with Gasteiger partial charge in [-0.05, 0) is 59.7 Å². The minimum atomic E-state index is -0.121. The lowest BCUT2D eigenvalue weighted by Gasteiger charge is -2.35. The molecule has 0 saturated carbocycles. The Morgan fingerprint density at radius 3 is 1.98 bits per heavy atom. The summed E-state index contributed by atoms with van der Waals surface area (Å²) in [5, 5.41) is 2.98. The highest BCUT2D eigenvalue weighted by Gasteiger charge is 2.24. The third-order valence-electron chi connectivity index (χ3n) is 8.11. The number of nitrogens with one attached hydrogen (secondary N) is 1. The van der Waals surface area contributed by atoms with Crippen molar-refractivity contribution >= 4 is 17.6 Å². The number of ether oxygens (including phenoxy) is 3. The van der Waals surface area contributed by atoms with Crippen LogP contribution in [0.15, 0.2) is 66.7 Å². The summed E-state index contributed by atoms with van der Waals surface area (Å²) in [5.74, 6) is 2.46. The molecule has 0 atom stereocenters. The van der Waals surface area contributed by atoms with Crippen LogP contribution in [0, 0.1) is 0 Å². The summed E-state index contributed by atoms with van der Waals surface area (Å²) < 4.78 is 16.1. The molecule has 0 aliphatic carbocycles. The topological polar surface area (TPSA) is 86.8 Å². The standard InChI is InChI=1S/C32H37N5O5/c1-40-28-9-2-24(3-10-28)21-34-12-16-36(17-13-34)31(38)26-5-7-27(8-6-26)33-32(39)37-18-14-35(15-19-37)22-25-4-11-29-30(20-25)42-23-41-29/h2-11,20H,12-19,21-23H2,1H3,(H,33,39). The van der Waals surface area contributed by atoms with Gasteiger partial charge in [-0.2, -0.15) is 0 Å². The van der Waals surface area contributed by atoms with Gasteiger partial charge in [-0.1, -0.05) is 18.2 Å². The Hall–Kier alpha value is -4.28. The van der Waals surface area contributed by atoms with Crippen LogP contribution in [0.2, 0.25) is 0 Å². The summed E-state index contributed by atoms with van der Waals surface area (Å²) in [6, 6.07) is 21.2. The molecule has 3 heterocycles. The second-order valence-electron chi connectivity index (χ2n) is 10.9. The molecule has 0 radical (unpaired) electrons. The van der Waals surface area contributed by atoms with Crippen molar-refractivity contribution in [2.75, 3.05) is 71.6 Å². The van der Waals surface area contributed by atoms with Crippen molar-refractivity contribution < 1.29 is 23.8 Å². The fraction of sp³-hybridized carbons (Fsp3) is 0.375. The SMILES string of the molecule is COc1ccc(CN2CCN(C(=O)c3ccc(NC(=O)N4CCN(Cc5ccc6c(c5)OCO6)CC4)cc3)CC2)cc1. The Morgan fingerprint density at radius 1 is 0.714 bits per heavy atom. The van der Waals surface area contributed by atoms with Gasteiger partial charge in [-0.25, -0.2) is 4.79 Å². The lowest BCUT2D eigenvalue weighted by molar-refractivity contribution is 0.0628. The maximum atomic E-state index is 13.1. The summed E-state index contributed by atoms with van der Waals surface area (Å²) in [4.78, 5) is 34.4. The van der Waals surface area contributed by atoms with E-state index in [0.29, 0.717) is 37.4 Å². The Balaban J connectivity index is 0.932. The van der Waals surface area contributed by atoms with E-state index >= 15 is 0 Å². The number of hydrogen-bond acceptors (Lipinski definition) is 7. The van der Waals surface area contributed by atoms with E-state index < -0.39 is 0 Å². The first-order chi connectivity index (χ1) is 20.5. The summed E-state index contributed by atoms with van der Waals surface area (Å²) in [5.41, 5.74) is 3.72. The van der Waals surface area contributed by atoms with Crippen LogP contribution in [-0.2, 0) is 13.1 Å². The van der Waals surface area contributed by atoms with E-state index in [0.717, 1.165) is 56.5 Å². The average molecular weight is 572 g/mol. The number of anilines is 1. The first-order valence-corrected chi connectivity index (χ1v) is 14.5. The van der Waals surface area contributed by atoms with E-state index in [1.165, 1.54) is 11.1 Å². The van der Waals surface area contributed by atoms with E-state index in [4.69, 9.17) is 14.2 Å². The van der Waals surface area contributed by atoms with Crippen LogP contribution >= 0.6 is 0 Å². The second kappa shape index (κ2) is 12.7. The molecule has 0 aromatic heterocycles. The predicted octanol–water partition coefficient (Wildman–Crippen LogP) is 3.73. The molecule has 0 spiro atoms. The van der Waals surface area contributed by atoms with Gasteiger partial charge in [0.15, 0.2) is 11.5 Å². The third-order valence-corrected chi connectivity index (χ3v) is 8.11. The summed E-state index contributed by atoms with van der Waals surface area (Å²) >= 11 is 0. The highest BCUT2D eigenvalue weighted by Crippen LogP contribution is 2.33. The lowest BCUT2D eigenvalue weighted by Crippen LogP contribution is -2.49. The van der Waals surface area contributed by atoms with Crippen molar-refractivity contribution in [2.24, 2.45) is 0 Å². The molecule has 3 aliphatic rings. The molecule has 3 aliphatic heterocycles. The third kappa shape index (κ3) is 6.61. The average Bonchev–Trinajstić information content (AvgIpc) is 3.50. The molecule has 10 heteroatoms. The van der Waals surface area contributed by atoms with E-state index in [2.05, 4.69) is 33.3 Å². The van der Waals surface area contributed by atoms with Crippen molar-refractivity contribution in [3.63, 3.8) is 0 Å². The quantitative estimate of drug-likeness (QED) is 0.463.